The molecular weight excluding hydrogens is 787 g/mol. The number of benzene rings is 10. The standard InChI is InChI=1S/C63H43NO/c1-4-17-42(18-5-1)48-37-49(43-19-6-2-7-20-43)40-52(39-48)64(50-24-8-3-9-25-50)51-26-16-23-46(38-51)47-33-34-58-56(41-47)55-29-14-15-30-57(55)63(58)59-35-31-44-21-10-12-27-53(44)61(59)65-62-54-28-13-11-22-45(54)32-36-60(62)63/h1-41,59,61H. The van der Waals surface area contributed by atoms with Gasteiger partial charge in [-0.2, -0.15) is 0 Å². The molecule has 1 aliphatic heterocycles. The molecule has 0 fully saturated rings. The second-order valence-electron chi connectivity index (χ2n) is 17.6. The number of para-hydroxylation sites is 1. The maximum atomic E-state index is 7.30. The predicted molar refractivity (Wildman–Crippen MR) is 269 cm³/mol. The zero-order chi connectivity index (χ0) is 42.9. The van der Waals surface area contributed by atoms with Gasteiger partial charge in [0, 0.05) is 39.5 Å². The Hall–Kier alpha value is -8.20. The van der Waals surface area contributed by atoms with E-state index in [0.29, 0.717) is 0 Å². The molecule has 2 nitrogen and oxygen atoms in total. The third kappa shape index (κ3) is 5.88. The SMILES string of the molecule is C1=CC2C(Oc3c(ccc4ccccc34)C23c2ccccc2-c2cc(-c4cccc(N(c5ccccc5)c5cc(-c6ccccc6)cc(-c6ccccc6)c5)c4)ccc23)c2ccccc21. The summed E-state index contributed by atoms with van der Waals surface area (Å²) in [5.74, 6) is 1.02. The molecular formula is C63H43NO. The van der Waals surface area contributed by atoms with Crippen LogP contribution in [0, 0.1) is 5.92 Å². The lowest BCUT2D eigenvalue weighted by Gasteiger charge is -2.49. The van der Waals surface area contributed by atoms with Gasteiger partial charge in [-0.15, -0.1) is 0 Å². The molecule has 10 aromatic rings. The number of hydrogen-bond donors (Lipinski definition) is 0. The van der Waals surface area contributed by atoms with Crippen molar-refractivity contribution in [3.05, 3.63) is 270 Å². The van der Waals surface area contributed by atoms with E-state index in [1.165, 1.54) is 72.1 Å². The van der Waals surface area contributed by atoms with Gasteiger partial charge in [0.2, 0.25) is 0 Å². The second kappa shape index (κ2) is 15.0. The molecule has 65 heavy (non-hydrogen) atoms. The topological polar surface area (TPSA) is 12.5 Å². The predicted octanol–water partition coefficient (Wildman–Crippen LogP) is 16.4. The van der Waals surface area contributed by atoms with Gasteiger partial charge in [0.25, 0.3) is 0 Å². The molecule has 13 rings (SSSR count). The van der Waals surface area contributed by atoms with Crippen LogP contribution in [0.4, 0.5) is 17.1 Å². The first-order valence-corrected chi connectivity index (χ1v) is 22.6. The number of ether oxygens (including phenoxy) is 1. The minimum Gasteiger partial charge on any atom is -0.484 e. The van der Waals surface area contributed by atoms with Gasteiger partial charge in [-0.1, -0.05) is 200 Å². The Morgan fingerprint density at radius 2 is 0.985 bits per heavy atom. The molecule has 3 atom stereocenters. The summed E-state index contributed by atoms with van der Waals surface area (Å²) in [5, 5.41) is 2.34. The maximum absolute atomic E-state index is 7.30. The number of rotatable bonds is 6. The summed E-state index contributed by atoms with van der Waals surface area (Å²) in [5.41, 5.74) is 18.8. The summed E-state index contributed by atoms with van der Waals surface area (Å²) >= 11 is 0. The van der Waals surface area contributed by atoms with Gasteiger partial charge in [-0.3, -0.25) is 0 Å². The van der Waals surface area contributed by atoms with Crippen LogP contribution in [0.25, 0.3) is 61.4 Å². The summed E-state index contributed by atoms with van der Waals surface area (Å²) in [4.78, 5) is 2.40. The molecule has 306 valence electrons. The van der Waals surface area contributed by atoms with E-state index in [0.717, 1.165) is 33.8 Å². The second-order valence-corrected chi connectivity index (χ2v) is 17.6. The van der Waals surface area contributed by atoms with E-state index in [1.807, 2.05) is 0 Å². The number of nitrogens with zero attached hydrogens (tertiary/aromatic N) is 1. The number of hydrogen-bond acceptors (Lipinski definition) is 2. The lowest BCUT2D eigenvalue weighted by atomic mass is 9.58. The summed E-state index contributed by atoms with van der Waals surface area (Å²) < 4.78 is 7.30. The molecule has 0 saturated heterocycles. The summed E-state index contributed by atoms with van der Waals surface area (Å²) in [6, 6.07) is 86.6. The maximum Gasteiger partial charge on any atom is 0.132 e. The van der Waals surface area contributed by atoms with Crippen molar-refractivity contribution >= 4 is 33.9 Å². The van der Waals surface area contributed by atoms with Crippen LogP contribution in [-0.4, -0.2) is 0 Å². The van der Waals surface area contributed by atoms with Gasteiger partial charge in [0.05, 0.1) is 5.41 Å². The number of fused-ring (bicyclic) bond motifs is 13. The Morgan fingerprint density at radius 1 is 0.385 bits per heavy atom. The third-order valence-electron chi connectivity index (χ3n) is 14.1. The average molecular weight is 830 g/mol. The lowest BCUT2D eigenvalue weighted by Crippen LogP contribution is -2.45. The van der Waals surface area contributed by atoms with Crippen LogP contribution in [0.2, 0.25) is 0 Å². The zero-order valence-corrected chi connectivity index (χ0v) is 35.7. The van der Waals surface area contributed by atoms with Crippen molar-refractivity contribution in [2.45, 2.75) is 11.5 Å². The molecule has 3 unspecified atom stereocenters. The van der Waals surface area contributed by atoms with Crippen molar-refractivity contribution < 1.29 is 4.74 Å². The van der Waals surface area contributed by atoms with Crippen molar-refractivity contribution in [3.63, 3.8) is 0 Å². The van der Waals surface area contributed by atoms with E-state index in [-0.39, 0.29) is 12.0 Å². The van der Waals surface area contributed by atoms with E-state index in [1.54, 1.807) is 0 Å². The highest BCUT2D eigenvalue weighted by atomic mass is 16.5. The van der Waals surface area contributed by atoms with E-state index in [4.69, 9.17) is 4.74 Å². The normalized spacial score (nSPS) is 17.4. The Labute approximate surface area is 380 Å². The first-order valence-electron chi connectivity index (χ1n) is 22.6. The smallest absolute Gasteiger partial charge is 0.132 e. The van der Waals surface area contributed by atoms with E-state index in [2.05, 4.69) is 254 Å². The Morgan fingerprint density at radius 3 is 1.78 bits per heavy atom. The first kappa shape index (κ1) is 37.4. The largest absolute Gasteiger partial charge is 0.484 e. The zero-order valence-electron chi connectivity index (χ0n) is 35.7. The van der Waals surface area contributed by atoms with Gasteiger partial charge in [0.1, 0.15) is 11.9 Å². The van der Waals surface area contributed by atoms with Crippen LogP contribution in [0.15, 0.2) is 243 Å². The van der Waals surface area contributed by atoms with Gasteiger partial charge in [0.15, 0.2) is 0 Å². The molecule has 0 saturated carbocycles. The Kier molecular flexibility index (Phi) is 8.60. The molecule has 0 aromatic heterocycles. The van der Waals surface area contributed by atoms with Crippen molar-refractivity contribution in [1.29, 1.82) is 0 Å². The first-order chi connectivity index (χ1) is 32.2. The molecule has 1 spiro atoms. The molecule has 10 aromatic carbocycles. The molecule has 0 amide bonds. The summed E-state index contributed by atoms with van der Waals surface area (Å²) in [7, 11) is 0. The van der Waals surface area contributed by atoms with Crippen LogP contribution in [0.3, 0.4) is 0 Å². The summed E-state index contributed by atoms with van der Waals surface area (Å²) in [6.45, 7) is 0. The van der Waals surface area contributed by atoms with Crippen LogP contribution in [0.5, 0.6) is 5.75 Å². The molecule has 2 heteroatoms. The van der Waals surface area contributed by atoms with Gasteiger partial charge in [-0.25, -0.2) is 0 Å². The monoisotopic (exact) mass is 829 g/mol. The highest BCUT2D eigenvalue weighted by Gasteiger charge is 2.57. The van der Waals surface area contributed by atoms with E-state index >= 15 is 0 Å². The van der Waals surface area contributed by atoms with E-state index in [9.17, 15) is 0 Å². The average Bonchev–Trinajstić information content (AvgIpc) is 3.67. The lowest BCUT2D eigenvalue weighted by molar-refractivity contribution is 0.105. The quantitative estimate of drug-likeness (QED) is 0.166. The highest BCUT2D eigenvalue weighted by Crippen LogP contribution is 2.65. The fourth-order valence-electron chi connectivity index (χ4n) is 11.2. The minimum atomic E-state index is -0.469. The minimum absolute atomic E-state index is 0.0366. The molecule has 1 heterocycles. The van der Waals surface area contributed by atoms with Gasteiger partial charge < -0.3 is 9.64 Å². The Balaban J connectivity index is 0.988. The van der Waals surface area contributed by atoms with Crippen molar-refractivity contribution in [2.24, 2.45) is 5.92 Å². The Bertz CT molecular complexity index is 3430. The van der Waals surface area contributed by atoms with Crippen molar-refractivity contribution in [2.75, 3.05) is 4.90 Å². The summed E-state index contributed by atoms with van der Waals surface area (Å²) in [6.07, 6.45) is 4.60. The third-order valence-corrected chi connectivity index (χ3v) is 14.1. The fraction of sp³-hybridized carbons (Fsp3) is 0.0476. The van der Waals surface area contributed by atoms with Crippen molar-refractivity contribution in [1.82, 2.24) is 0 Å². The van der Waals surface area contributed by atoms with E-state index < -0.39 is 5.41 Å². The highest BCUT2D eigenvalue weighted by molar-refractivity contribution is 5.95. The van der Waals surface area contributed by atoms with Crippen molar-refractivity contribution in [3.8, 4) is 50.3 Å². The fourth-order valence-corrected chi connectivity index (χ4v) is 11.2. The van der Waals surface area contributed by atoms with Crippen LogP contribution < -0.4 is 9.64 Å². The number of anilines is 3. The molecule has 2 aliphatic carbocycles. The van der Waals surface area contributed by atoms with Gasteiger partial charge >= 0.3 is 0 Å². The van der Waals surface area contributed by atoms with Crippen LogP contribution >= 0.6 is 0 Å². The van der Waals surface area contributed by atoms with Gasteiger partial charge in [-0.05, 0) is 115 Å². The molecule has 0 bridgehead atoms. The molecule has 0 N–H and O–H groups in total. The molecule has 3 aliphatic rings. The molecule has 0 radical (unpaired) electrons. The van der Waals surface area contributed by atoms with Crippen LogP contribution in [-0.2, 0) is 5.41 Å². The van der Waals surface area contributed by atoms with Crippen LogP contribution in [0.1, 0.15) is 33.9 Å².